The van der Waals surface area contributed by atoms with Crippen molar-refractivity contribution in [2.75, 3.05) is 19.7 Å². The van der Waals surface area contributed by atoms with Crippen LogP contribution >= 0.6 is 0 Å². The predicted octanol–water partition coefficient (Wildman–Crippen LogP) is 1.42. The van der Waals surface area contributed by atoms with Crippen LogP contribution in [0.2, 0.25) is 0 Å². The van der Waals surface area contributed by atoms with Crippen molar-refractivity contribution in [3.8, 4) is 0 Å². The van der Waals surface area contributed by atoms with E-state index in [1.165, 1.54) is 0 Å². The number of imide groups is 1. The molecule has 0 aliphatic carbocycles. The van der Waals surface area contributed by atoms with Gasteiger partial charge in [0.2, 0.25) is 0 Å². The van der Waals surface area contributed by atoms with E-state index in [1.807, 2.05) is 37.3 Å². The van der Waals surface area contributed by atoms with Gasteiger partial charge in [0.1, 0.15) is 0 Å². The minimum Gasteiger partial charge on any atom is -0.439 e. The maximum atomic E-state index is 11.9. The van der Waals surface area contributed by atoms with Crippen molar-refractivity contribution in [3.63, 3.8) is 0 Å². The average Bonchev–Trinajstić information content (AvgIpc) is 2.85. The second kappa shape index (κ2) is 7.44. The van der Waals surface area contributed by atoms with Crippen LogP contribution in [0.5, 0.6) is 0 Å². The molecule has 7 nitrogen and oxygen atoms in total. The summed E-state index contributed by atoms with van der Waals surface area (Å²) >= 11 is 0. The van der Waals surface area contributed by atoms with Crippen molar-refractivity contribution in [2.24, 2.45) is 0 Å². The number of amides is 4. The molecule has 0 bridgehead atoms. The number of carbonyl (C=O) groups excluding carboxylic acids is 3. The highest BCUT2D eigenvalue weighted by atomic mass is 16.6. The Morgan fingerprint density at radius 1 is 1.32 bits per heavy atom. The number of hydrogen-bond donors (Lipinski definition) is 2. The van der Waals surface area contributed by atoms with E-state index in [4.69, 9.17) is 4.74 Å². The van der Waals surface area contributed by atoms with Gasteiger partial charge in [0, 0.05) is 6.54 Å². The van der Waals surface area contributed by atoms with E-state index >= 15 is 0 Å². The highest BCUT2D eigenvalue weighted by Crippen LogP contribution is 2.17. The molecule has 1 aromatic rings. The van der Waals surface area contributed by atoms with Crippen molar-refractivity contribution in [3.05, 3.63) is 35.9 Å². The monoisotopic (exact) mass is 305 g/mol. The fourth-order valence-electron chi connectivity index (χ4n) is 2.11. The number of nitrogens with zero attached hydrogens (tertiary/aromatic N) is 1. The first-order valence-corrected chi connectivity index (χ1v) is 7.18. The van der Waals surface area contributed by atoms with Crippen molar-refractivity contribution >= 4 is 18.0 Å². The Hall–Kier alpha value is -2.57. The van der Waals surface area contributed by atoms with E-state index in [9.17, 15) is 14.4 Å². The molecule has 1 atom stereocenters. The van der Waals surface area contributed by atoms with Crippen LogP contribution in [0.1, 0.15) is 24.9 Å². The number of ether oxygens (including phenoxy) is 1. The van der Waals surface area contributed by atoms with Crippen molar-refractivity contribution in [2.45, 2.75) is 19.4 Å². The summed E-state index contributed by atoms with van der Waals surface area (Å²) in [5.74, 6) is -0.401. The molecular weight excluding hydrogens is 286 g/mol. The maximum absolute atomic E-state index is 11.9. The number of carbonyl (C=O) groups is 3. The summed E-state index contributed by atoms with van der Waals surface area (Å²) in [6.07, 6.45) is 0.141. The number of nitrogens with one attached hydrogen (secondary N) is 2. The fourth-order valence-corrected chi connectivity index (χ4v) is 2.11. The van der Waals surface area contributed by atoms with Gasteiger partial charge in [-0.1, -0.05) is 37.3 Å². The van der Waals surface area contributed by atoms with E-state index < -0.39 is 18.0 Å². The van der Waals surface area contributed by atoms with Gasteiger partial charge in [-0.15, -0.1) is 0 Å². The minimum atomic E-state index is -0.679. The predicted molar refractivity (Wildman–Crippen MR) is 79.1 cm³/mol. The molecule has 2 rings (SSSR count). The van der Waals surface area contributed by atoms with Gasteiger partial charge < -0.3 is 15.4 Å². The normalized spacial score (nSPS) is 15.4. The molecule has 22 heavy (non-hydrogen) atoms. The minimum absolute atomic E-state index is 0.0429. The lowest BCUT2D eigenvalue weighted by molar-refractivity contribution is -0.126. The molecule has 118 valence electrons. The molecule has 4 amide bonds. The van der Waals surface area contributed by atoms with E-state index in [0.29, 0.717) is 6.54 Å². The number of cyclic esters (lactones) is 1. The fraction of sp³-hybridized carbons (Fsp3) is 0.400. The number of hydrogen-bond acceptors (Lipinski definition) is 4. The van der Waals surface area contributed by atoms with Crippen LogP contribution in [0.25, 0.3) is 0 Å². The molecule has 1 aromatic carbocycles. The van der Waals surface area contributed by atoms with Crippen LogP contribution < -0.4 is 10.6 Å². The molecule has 1 aliphatic rings. The lowest BCUT2D eigenvalue weighted by Crippen LogP contribution is -2.44. The molecule has 7 heteroatoms. The molecule has 2 N–H and O–H groups in total. The van der Waals surface area contributed by atoms with Crippen molar-refractivity contribution in [1.29, 1.82) is 0 Å². The first-order chi connectivity index (χ1) is 10.6. The van der Waals surface area contributed by atoms with Crippen molar-refractivity contribution < 1.29 is 19.1 Å². The van der Waals surface area contributed by atoms with E-state index in [0.717, 1.165) is 16.9 Å². The highest BCUT2D eigenvalue weighted by molar-refractivity contribution is 5.97. The molecule has 0 saturated carbocycles. The molecule has 0 spiro atoms. The van der Waals surface area contributed by atoms with Gasteiger partial charge in [-0.05, 0) is 12.0 Å². The van der Waals surface area contributed by atoms with Crippen LogP contribution in [0.4, 0.5) is 9.59 Å². The van der Waals surface area contributed by atoms with Gasteiger partial charge in [0.05, 0.1) is 12.6 Å². The summed E-state index contributed by atoms with van der Waals surface area (Å²) in [7, 11) is 0. The van der Waals surface area contributed by atoms with Crippen molar-refractivity contribution in [1.82, 2.24) is 15.5 Å². The lowest BCUT2D eigenvalue weighted by Gasteiger charge is -2.23. The summed E-state index contributed by atoms with van der Waals surface area (Å²) in [6, 6.07) is 8.35. The van der Waals surface area contributed by atoms with Crippen LogP contribution in [-0.4, -0.2) is 42.6 Å². The van der Waals surface area contributed by atoms with Gasteiger partial charge in [-0.2, -0.15) is 0 Å². The van der Waals surface area contributed by atoms with E-state index in [1.54, 1.807) is 0 Å². The molecule has 1 fully saturated rings. The zero-order chi connectivity index (χ0) is 15.9. The van der Waals surface area contributed by atoms with E-state index in [-0.39, 0.29) is 19.2 Å². The first-order valence-electron chi connectivity index (χ1n) is 7.18. The largest absolute Gasteiger partial charge is 0.439 e. The topological polar surface area (TPSA) is 87.7 Å². The molecule has 1 unspecified atom stereocenters. The van der Waals surface area contributed by atoms with Gasteiger partial charge in [-0.3, -0.25) is 4.79 Å². The van der Waals surface area contributed by atoms with Gasteiger partial charge in [0.25, 0.3) is 5.91 Å². The Morgan fingerprint density at radius 3 is 2.64 bits per heavy atom. The smallest absolute Gasteiger partial charge is 0.417 e. The van der Waals surface area contributed by atoms with Gasteiger partial charge in [0.15, 0.2) is 6.61 Å². The van der Waals surface area contributed by atoms with Crippen LogP contribution in [0.15, 0.2) is 30.3 Å². The Labute approximate surface area is 128 Å². The summed E-state index contributed by atoms with van der Waals surface area (Å²) in [5.41, 5.74) is 0.807. The number of urea groups is 1. The zero-order valence-corrected chi connectivity index (χ0v) is 12.4. The van der Waals surface area contributed by atoms with Gasteiger partial charge in [-0.25, -0.2) is 14.5 Å². The van der Waals surface area contributed by atoms with Crippen LogP contribution in [0.3, 0.4) is 0 Å². The third-order valence-electron chi connectivity index (χ3n) is 3.25. The highest BCUT2D eigenvalue weighted by Gasteiger charge is 2.33. The number of rotatable bonds is 6. The summed E-state index contributed by atoms with van der Waals surface area (Å²) < 4.78 is 4.69. The Balaban J connectivity index is 2.10. The zero-order valence-electron chi connectivity index (χ0n) is 12.4. The lowest BCUT2D eigenvalue weighted by atomic mass is 10.1. The standard InChI is InChI=1S/C15H19N3O4/c1-2-8-16-14(20)17-12(11-6-4-3-5-7-11)9-18-13(19)10-22-15(18)21/h3-7,12H,2,8-10H2,1H3,(H2,16,17,20). The Bertz CT molecular complexity index is 531. The molecule has 1 saturated heterocycles. The third-order valence-corrected chi connectivity index (χ3v) is 3.25. The summed E-state index contributed by atoms with van der Waals surface area (Å²) in [5, 5.41) is 5.49. The first kappa shape index (κ1) is 15.8. The Morgan fingerprint density at radius 2 is 2.05 bits per heavy atom. The van der Waals surface area contributed by atoms with Crippen LogP contribution in [-0.2, 0) is 9.53 Å². The van der Waals surface area contributed by atoms with E-state index in [2.05, 4.69) is 10.6 Å². The van der Waals surface area contributed by atoms with Gasteiger partial charge >= 0.3 is 12.1 Å². The molecule has 1 heterocycles. The summed E-state index contributed by atoms with van der Waals surface area (Å²) in [4.78, 5) is 36.1. The van der Waals surface area contributed by atoms with Crippen LogP contribution in [0, 0.1) is 0 Å². The Kier molecular flexibility index (Phi) is 5.35. The second-order valence-electron chi connectivity index (χ2n) is 4.92. The molecule has 1 aliphatic heterocycles. The maximum Gasteiger partial charge on any atom is 0.417 e. The average molecular weight is 305 g/mol. The molecular formula is C15H19N3O4. The molecule has 0 aromatic heterocycles. The number of benzene rings is 1. The second-order valence-corrected chi connectivity index (χ2v) is 4.92. The summed E-state index contributed by atoms with van der Waals surface area (Å²) in [6.45, 7) is 2.30. The SMILES string of the molecule is CCCNC(=O)NC(CN1C(=O)COC1=O)c1ccccc1. The quantitative estimate of drug-likeness (QED) is 0.832. The third kappa shape index (κ3) is 3.97. The molecule has 0 radical (unpaired) electrons.